The van der Waals surface area contributed by atoms with Gasteiger partial charge in [-0.25, -0.2) is 9.18 Å². The second-order valence-electron chi connectivity index (χ2n) is 3.80. The average molecular weight is 255 g/mol. The maximum atomic E-state index is 13.1. The van der Waals surface area contributed by atoms with E-state index in [0.717, 1.165) is 0 Å². The molecule has 0 saturated carbocycles. The lowest BCUT2D eigenvalue weighted by molar-refractivity contribution is -0.384. The first kappa shape index (κ1) is 12.4. The van der Waals surface area contributed by atoms with Crippen LogP contribution in [-0.4, -0.2) is 36.4 Å². The summed E-state index contributed by atoms with van der Waals surface area (Å²) < 4.78 is 22.9. The Hall–Kier alpha value is -2.02. The molecule has 0 amide bonds. The molecule has 1 heterocycles. The Labute approximate surface area is 101 Å². The van der Waals surface area contributed by atoms with Gasteiger partial charge in [-0.3, -0.25) is 10.1 Å². The molecule has 96 valence electrons. The van der Waals surface area contributed by atoms with Gasteiger partial charge >= 0.3 is 5.97 Å². The predicted octanol–water partition coefficient (Wildman–Crippen LogP) is 1.49. The van der Waals surface area contributed by atoms with Gasteiger partial charge in [-0.2, -0.15) is 0 Å². The zero-order valence-electron chi connectivity index (χ0n) is 9.24. The largest absolute Gasteiger partial charge is 0.453 e. The summed E-state index contributed by atoms with van der Waals surface area (Å²) in [6.45, 7) is -0.0574. The highest BCUT2D eigenvalue weighted by molar-refractivity contribution is 5.89. The maximum Gasteiger partial charge on any atom is 0.338 e. The van der Waals surface area contributed by atoms with Crippen molar-refractivity contribution in [3.05, 3.63) is 39.9 Å². The Bertz CT molecular complexity index is 461. The Morgan fingerprint density at radius 3 is 2.56 bits per heavy atom. The second kappa shape index (κ2) is 5.09. The van der Waals surface area contributed by atoms with Crippen LogP contribution in [0.2, 0.25) is 0 Å². The van der Waals surface area contributed by atoms with Gasteiger partial charge in [0.2, 0.25) is 0 Å². The lowest BCUT2D eigenvalue weighted by Crippen LogP contribution is -2.26. The van der Waals surface area contributed by atoms with Crippen molar-refractivity contribution in [3.63, 3.8) is 0 Å². The quantitative estimate of drug-likeness (QED) is 0.464. The standard InChI is InChI=1S/C11H10FNO5/c12-9-5-17-6-10(9)18-11(14)7-1-3-8(4-2-7)13(15)16/h1-4,9-10H,5-6H2. The number of ether oxygens (including phenoxy) is 2. The highest BCUT2D eigenvalue weighted by atomic mass is 19.1. The van der Waals surface area contributed by atoms with Crippen molar-refractivity contribution in [3.8, 4) is 0 Å². The molecular formula is C11H10FNO5. The monoisotopic (exact) mass is 255 g/mol. The minimum Gasteiger partial charge on any atom is -0.453 e. The first-order valence-electron chi connectivity index (χ1n) is 5.25. The third kappa shape index (κ3) is 2.62. The molecule has 0 aliphatic carbocycles. The van der Waals surface area contributed by atoms with Gasteiger partial charge in [0.1, 0.15) is 0 Å². The van der Waals surface area contributed by atoms with Gasteiger partial charge < -0.3 is 9.47 Å². The van der Waals surface area contributed by atoms with E-state index in [1.807, 2.05) is 0 Å². The Morgan fingerprint density at radius 2 is 2.06 bits per heavy atom. The van der Waals surface area contributed by atoms with Crippen molar-refractivity contribution >= 4 is 11.7 Å². The molecule has 1 aliphatic rings. The van der Waals surface area contributed by atoms with E-state index in [2.05, 4.69) is 0 Å². The summed E-state index contributed by atoms with van der Waals surface area (Å²) in [6.07, 6.45) is -2.24. The molecule has 1 saturated heterocycles. The number of benzene rings is 1. The maximum absolute atomic E-state index is 13.1. The smallest absolute Gasteiger partial charge is 0.338 e. The zero-order valence-corrected chi connectivity index (χ0v) is 9.24. The molecule has 1 aromatic rings. The summed E-state index contributed by atoms with van der Waals surface area (Å²) in [4.78, 5) is 21.5. The van der Waals surface area contributed by atoms with Gasteiger partial charge in [0, 0.05) is 12.1 Å². The number of non-ortho nitro benzene ring substituents is 1. The van der Waals surface area contributed by atoms with E-state index in [1.165, 1.54) is 24.3 Å². The number of alkyl halides is 1. The lowest BCUT2D eigenvalue weighted by Gasteiger charge is -2.12. The van der Waals surface area contributed by atoms with E-state index in [1.54, 1.807) is 0 Å². The minimum atomic E-state index is -1.33. The number of halogens is 1. The number of nitro benzene ring substituents is 1. The number of hydrogen-bond donors (Lipinski definition) is 0. The van der Waals surface area contributed by atoms with Crippen LogP contribution in [0.5, 0.6) is 0 Å². The Morgan fingerprint density at radius 1 is 1.39 bits per heavy atom. The highest BCUT2D eigenvalue weighted by Gasteiger charge is 2.31. The summed E-state index contributed by atoms with van der Waals surface area (Å²) in [6, 6.07) is 4.91. The van der Waals surface area contributed by atoms with Crippen LogP contribution < -0.4 is 0 Å². The summed E-state index contributed by atoms with van der Waals surface area (Å²) in [5.74, 6) is -0.719. The van der Waals surface area contributed by atoms with Crippen LogP contribution in [0.3, 0.4) is 0 Å². The molecule has 6 nitrogen and oxygen atoms in total. The first-order valence-corrected chi connectivity index (χ1v) is 5.25. The van der Waals surface area contributed by atoms with E-state index in [-0.39, 0.29) is 24.5 Å². The number of esters is 1. The van der Waals surface area contributed by atoms with Crippen LogP contribution in [0.1, 0.15) is 10.4 Å². The number of hydrogen-bond acceptors (Lipinski definition) is 5. The normalized spacial score (nSPS) is 22.7. The average Bonchev–Trinajstić information content (AvgIpc) is 2.75. The Kier molecular flexibility index (Phi) is 3.52. The van der Waals surface area contributed by atoms with Crippen molar-refractivity contribution in [2.45, 2.75) is 12.3 Å². The molecule has 1 aromatic carbocycles. The molecule has 2 atom stereocenters. The summed E-state index contributed by atoms with van der Waals surface area (Å²) in [7, 11) is 0. The van der Waals surface area contributed by atoms with E-state index < -0.39 is 23.2 Å². The van der Waals surface area contributed by atoms with Crippen LogP contribution in [-0.2, 0) is 9.47 Å². The number of carbonyl (C=O) groups excluding carboxylic acids is 1. The van der Waals surface area contributed by atoms with Crippen molar-refractivity contribution in [1.82, 2.24) is 0 Å². The molecule has 0 aromatic heterocycles. The van der Waals surface area contributed by atoms with Crippen LogP contribution in [0, 0.1) is 10.1 Å². The number of carbonyl (C=O) groups is 1. The third-order valence-corrected chi connectivity index (χ3v) is 2.53. The highest BCUT2D eigenvalue weighted by Crippen LogP contribution is 2.17. The molecule has 1 fully saturated rings. The van der Waals surface area contributed by atoms with Crippen molar-refractivity contribution in [2.75, 3.05) is 13.2 Å². The lowest BCUT2D eigenvalue weighted by atomic mass is 10.2. The van der Waals surface area contributed by atoms with Crippen molar-refractivity contribution < 1.29 is 23.6 Å². The molecule has 2 rings (SSSR count). The Balaban J connectivity index is 2.02. The number of nitrogens with zero attached hydrogens (tertiary/aromatic N) is 1. The van der Waals surface area contributed by atoms with Crippen LogP contribution >= 0.6 is 0 Å². The van der Waals surface area contributed by atoms with Crippen LogP contribution in [0.25, 0.3) is 0 Å². The summed E-state index contributed by atoms with van der Waals surface area (Å²) in [5, 5.41) is 10.4. The van der Waals surface area contributed by atoms with E-state index in [4.69, 9.17) is 9.47 Å². The molecule has 0 bridgehead atoms. The SMILES string of the molecule is O=C(OC1COCC1F)c1ccc([N+](=O)[O-])cc1. The molecule has 1 aliphatic heterocycles. The predicted molar refractivity (Wildman–Crippen MR) is 58.0 cm³/mol. The number of rotatable bonds is 3. The molecule has 0 radical (unpaired) electrons. The van der Waals surface area contributed by atoms with E-state index >= 15 is 0 Å². The molecule has 0 spiro atoms. The number of nitro groups is 1. The first-order chi connectivity index (χ1) is 8.58. The van der Waals surface area contributed by atoms with Gasteiger partial charge in [0.15, 0.2) is 12.3 Å². The molecule has 2 unspecified atom stereocenters. The van der Waals surface area contributed by atoms with Gasteiger partial charge in [-0.05, 0) is 12.1 Å². The fraction of sp³-hybridized carbons (Fsp3) is 0.364. The fourth-order valence-electron chi connectivity index (χ4n) is 1.54. The molecule has 0 N–H and O–H groups in total. The van der Waals surface area contributed by atoms with Gasteiger partial charge in [0.05, 0.1) is 23.7 Å². The van der Waals surface area contributed by atoms with Gasteiger partial charge in [-0.15, -0.1) is 0 Å². The molecular weight excluding hydrogens is 245 g/mol. The van der Waals surface area contributed by atoms with Gasteiger partial charge in [-0.1, -0.05) is 0 Å². The van der Waals surface area contributed by atoms with E-state index in [0.29, 0.717) is 0 Å². The summed E-state index contributed by atoms with van der Waals surface area (Å²) >= 11 is 0. The van der Waals surface area contributed by atoms with Crippen LogP contribution in [0.15, 0.2) is 24.3 Å². The van der Waals surface area contributed by atoms with Gasteiger partial charge in [0.25, 0.3) is 5.69 Å². The van der Waals surface area contributed by atoms with Crippen LogP contribution in [0.4, 0.5) is 10.1 Å². The van der Waals surface area contributed by atoms with Crippen molar-refractivity contribution in [1.29, 1.82) is 0 Å². The zero-order chi connectivity index (χ0) is 13.1. The molecule has 7 heteroatoms. The minimum absolute atomic E-state index is 0.0277. The second-order valence-corrected chi connectivity index (χ2v) is 3.80. The topological polar surface area (TPSA) is 78.7 Å². The molecule has 18 heavy (non-hydrogen) atoms. The fourth-order valence-corrected chi connectivity index (χ4v) is 1.54. The summed E-state index contributed by atoms with van der Waals surface area (Å²) in [5.41, 5.74) is 0.0128. The van der Waals surface area contributed by atoms with E-state index in [9.17, 15) is 19.3 Å². The third-order valence-electron chi connectivity index (χ3n) is 2.53. The van der Waals surface area contributed by atoms with Crippen molar-refractivity contribution in [2.24, 2.45) is 0 Å².